The number of anilines is 1. The van der Waals surface area contributed by atoms with Crippen LogP contribution in [-0.4, -0.2) is 24.2 Å². The molecule has 0 N–H and O–H groups in total. The van der Waals surface area contributed by atoms with Gasteiger partial charge in [-0.3, -0.25) is 14.4 Å². The van der Waals surface area contributed by atoms with Gasteiger partial charge in [-0.25, -0.2) is 4.90 Å². The van der Waals surface area contributed by atoms with Crippen molar-refractivity contribution in [3.63, 3.8) is 0 Å². The van der Waals surface area contributed by atoms with Gasteiger partial charge in [0.1, 0.15) is 5.75 Å². The first-order valence-electron chi connectivity index (χ1n) is 9.09. The first-order valence-corrected chi connectivity index (χ1v) is 9.47. The lowest BCUT2D eigenvalue weighted by atomic mass is 9.85. The molecular weight excluding hydrogens is 378 g/mol. The summed E-state index contributed by atoms with van der Waals surface area (Å²) in [5, 5.41) is 0.556. The smallest absolute Gasteiger partial charge is 0.238 e. The molecule has 0 aromatic heterocycles. The number of imide groups is 1. The molecule has 0 bridgehead atoms. The highest BCUT2D eigenvalue weighted by molar-refractivity contribution is 6.30. The molecule has 142 valence electrons. The minimum absolute atomic E-state index is 0.151. The van der Waals surface area contributed by atoms with Crippen LogP contribution in [-0.2, 0) is 9.59 Å². The van der Waals surface area contributed by atoms with E-state index in [0.717, 1.165) is 0 Å². The van der Waals surface area contributed by atoms with Crippen molar-refractivity contribution >= 4 is 34.9 Å². The van der Waals surface area contributed by atoms with Crippen molar-refractivity contribution in [3.8, 4) is 5.75 Å². The van der Waals surface area contributed by atoms with Crippen LogP contribution in [0.1, 0.15) is 23.2 Å². The third-order valence-electron chi connectivity index (χ3n) is 5.12. The van der Waals surface area contributed by atoms with E-state index in [9.17, 15) is 14.4 Å². The summed E-state index contributed by atoms with van der Waals surface area (Å²) in [6.07, 6.45) is 5.10. The third kappa shape index (κ3) is 3.45. The standard InChI is InChI=1S/C22H18ClNO4/c23-15-10-8-14(9-11-15)20(25)13-28-17-5-3-4-16(12-17)24-21(26)18-6-1-2-7-19(18)22(24)27/h1-5,8-12,18-19H,6-7,13H2/t18-,19+. The SMILES string of the molecule is O=C(COc1cccc(N2C(=O)[C@H]3CC=CC[C@H]3C2=O)c1)c1ccc(Cl)cc1. The second-order valence-corrected chi connectivity index (χ2v) is 7.32. The number of benzene rings is 2. The lowest BCUT2D eigenvalue weighted by Gasteiger charge is -2.16. The maximum Gasteiger partial charge on any atom is 0.238 e. The first-order chi connectivity index (χ1) is 13.5. The van der Waals surface area contributed by atoms with Crippen molar-refractivity contribution in [2.75, 3.05) is 11.5 Å². The van der Waals surface area contributed by atoms with Crippen LogP contribution in [0.15, 0.2) is 60.7 Å². The van der Waals surface area contributed by atoms with E-state index in [2.05, 4.69) is 0 Å². The lowest BCUT2D eigenvalue weighted by Crippen LogP contribution is -2.30. The van der Waals surface area contributed by atoms with Gasteiger partial charge in [0.05, 0.1) is 17.5 Å². The summed E-state index contributed by atoms with van der Waals surface area (Å²) in [7, 11) is 0. The molecule has 0 unspecified atom stereocenters. The number of carbonyl (C=O) groups is 3. The zero-order valence-electron chi connectivity index (χ0n) is 15.0. The van der Waals surface area contributed by atoms with Gasteiger partial charge in [0.15, 0.2) is 12.4 Å². The minimum Gasteiger partial charge on any atom is -0.485 e. The largest absolute Gasteiger partial charge is 0.485 e. The molecule has 2 atom stereocenters. The van der Waals surface area contributed by atoms with E-state index >= 15 is 0 Å². The zero-order chi connectivity index (χ0) is 19.7. The molecular formula is C22H18ClNO4. The van der Waals surface area contributed by atoms with Crippen LogP contribution < -0.4 is 9.64 Å². The van der Waals surface area contributed by atoms with Crippen LogP contribution in [0.2, 0.25) is 5.02 Å². The third-order valence-corrected chi connectivity index (χ3v) is 5.37. The zero-order valence-corrected chi connectivity index (χ0v) is 15.8. The minimum atomic E-state index is -0.284. The lowest BCUT2D eigenvalue weighted by molar-refractivity contribution is -0.122. The fraction of sp³-hybridized carbons (Fsp3) is 0.227. The maximum atomic E-state index is 12.7. The van der Waals surface area contributed by atoms with Gasteiger partial charge in [-0.2, -0.15) is 0 Å². The molecule has 1 heterocycles. The maximum absolute atomic E-state index is 12.7. The Labute approximate surface area is 167 Å². The van der Waals surface area contributed by atoms with Crippen molar-refractivity contribution in [1.29, 1.82) is 0 Å². The second-order valence-electron chi connectivity index (χ2n) is 6.88. The monoisotopic (exact) mass is 395 g/mol. The number of halogens is 1. The molecule has 1 aliphatic heterocycles. The molecule has 4 rings (SSSR count). The number of Topliss-reactive ketones (excluding diaryl/α,β-unsaturated/α-hetero) is 1. The second kappa shape index (κ2) is 7.60. The molecule has 2 amide bonds. The average Bonchev–Trinajstić information content (AvgIpc) is 2.98. The molecule has 1 fully saturated rings. The Bertz CT molecular complexity index is 941. The molecule has 2 aromatic rings. The van der Waals surface area contributed by atoms with Crippen LogP contribution in [0.3, 0.4) is 0 Å². The Hall–Kier alpha value is -2.92. The fourth-order valence-electron chi connectivity index (χ4n) is 3.64. The highest BCUT2D eigenvalue weighted by atomic mass is 35.5. The molecule has 28 heavy (non-hydrogen) atoms. The molecule has 2 aromatic carbocycles. The first kappa shape index (κ1) is 18.4. The number of allylic oxidation sites excluding steroid dienone is 2. The van der Waals surface area contributed by atoms with Crippen LogP contribution >= 0.6 is 11.6 Å². The van der Waals surface area contributed by atoms with Gasteiger partial charge in [0.25, 0.3) is 0 Å². The van der Waals surface area contributed by atoms with Crippen LogP contribution in [0.5, 0.6) is 5.75 Å². The van der Waals surface area contributed by atoms with E-state index in [1.165, 1.54) is 4.90 Å². The van der Waals surface area contributed by atoms with Gasteiger partial charge in [0, 0.05) is 16.7 Å². The summed E-state index contributed by atoms with van der Waals surface area (Å²) in [5.41, 5.74) is 0.975. The molecule has 1 saturated heterocycles. The molecule has 0 saturated carbocycles. The number of fused-ring (bicyclic) bond motifs is 1. The summed E-state index contributed by atoms with van der Waals surface area (Å²) in [6, 6.07) is 13.3. The van der Waals surface area contributed by atoms with Gasteiger partial charge in [-0.15, -0.1) is 0 Å². The van der Waals surface area contributed by atoms with Crippen molar-refractivity contribution in [2.45, 2.75) is 12.8 Å². The highest BCUT2D eigenvalue weighted by Gasteiger charge is 2.47. The Morgan fingerprint density at radius 2 is 1.64 bits per heavy atom. The van der Waals surface area contributed by atoms with E-state index < -0.39 is 0 Å². The molecule has 5 nitrogen and oxygen atoms in total. The number of ether oxygens (including phenoxy) is 1. The van der Waals surface area contributed by atoms with Crippen molar-refractivity contribution < 1.29 is 19.1 Å². The summed E-state index contributed by atoms with van der Waals surface area (Å²) in [4.78, 5) is 38.9. The van der Waals surface area contributed by atoms with Crippen LogP contribution in [0.4, 0.5) is 5.69 Å². The number of carbonyl (C=O) groups excluding carboxylic acids is 3. The van der Waals surface area contributed by atoms with E-state index in [-0.39, 0.29) is 36.0 Å². The van der Waals surface area contributed by atoms with Crippen molar-refractivity contribution in [3.05, 3.63) is 71.3 Å². The van der Waals surface area contributed by atoms with Crippen LogP contribution in [0.25, 0.3) is 0 Å². The van der Waals surface area contributed by atoms with E-state index in [4.69, 9.17) is 16.3 Å². The Balaban J connectivity index is 1.47. The van der Waals surface area contributed by atoms with Gasteiger partial charge in [-0.1, -0.05) is 29.8 Å². The average molecular weight is 396 g/mol. The van der Waals surface area contributed by atoms with Crippen molar-refractivity contribution in [2.24, 2.45) is 11.8 Å². The summed E-state index contributed by atoms with van der Waals surface area (Å²) < 4.78 is 5.60. The topological polar surface area (TPSA) is 63.7 Å². The summed E-state index contributed by atoms with van der Waals surface area (Å²) in [6.45, 7) is -0.151. The van der Waals surface area contributed by atoms with Gasteiger partial charge >= 0.3 is 0 Å². The molecule has 6 heteroatoms. The van der Waals surface area contributed by atoms with Gasteiger partial charge in [-0.05, 0) is 49.2 Å². The highest BCUT2D eigenvalue weighted by Crippen LogP contribution is 2.38. The Kier molecular flexibility index (Phi) is 5.01. The molecule has 2 aliphatic rings. The Morgan fingerprint density at radius 1 is 1.00 bits per heavy atom. The van der Waals surface area contributed by atoms with E-state index in [0.29, 0.717) is 34.9 Å². The fourth-order valence-corrected chi connectivity index (χ4v) is 3.76. The number of hydrogen-bond donors (Lipinski definition) is 0. The Morgan fingerprint density at radius 3 is 2.29 bits per heavy atom. The number of amides is 2. The molecule has 1 aliphatic carbocycles. The molecule has 0 spiro atoms. The van der Waals surface area contributed by atoms with Gasteiger partial charge < -0.3 is 4.74 Å². The predicted octanol–water partition coefficient (Wildman–Crippen LogP) is 4.06. The number of rotatable bonds is 5. The number of nitrogens with zero attached hydrogens (tertiary/aromatic N) is 1. The summed E-state index contributed by atoms with van der Waals surface area (Å²) >= 11 is 5.83. The number of hydrogen-bond acceptors (Lipinski definition) is 4. The molecule has 0 radical (unpaired) electrons. The predicted molar refractivity (Wildman–Crippen MR) is 106 cm³/mol. The van der Waals surface area contributed by atoms with E-state index in [1.54, 1.807) is 48.5 Å². The van der Waals surface area contributed by atoms with Gasteiger partial charge in [0.2, 0.25) is 11.8 Å². The quantitative estimate of drug-likeness (QED) is 0.435. The number of ketones is 1. The van der Waals surface area contributed by atoms with Crippen LogP contribution in [0, 0.1) is 11.8 Å². The summed E-state index contributed by atoms with van der Waals surface area (Å²) in [5.74, 6) is -0.675. The normalized spacial score (nSPS) is 21.0. The van der Waals surface area contributed by atoms with E-state index in [1.807, 2.05) is 12.2 Å². The van der Waals surface area contributed by atoms with Crippen molar-refractivity contribution in [1.82, 2.24) is 0 Å².